The van der Waals surface area contributed by atoms with Gasteiger partial charge in [-0.3, -0.25) is 4.79 Å². The molecule has 1 atom stereocenters. The van der Waals surface area contributed by atoms with Crippen molar-refractivity contribution >= 4 is 16.8 Å². The number of halogens is 1. The van der Waals surface area contributed by atoms with Gasteiger partial charge in [-0.1, -0.05) is 18.2 Å². The van der Waals surface area contributed by atoms with Crippen LogP contribution >= 0.6 is 0 Å². The fourth-order valence-electron chi connectivity index (χ4n) is 3.66. The molecule has 0 bridgehead atoms. The number of likely N-dealkylation sites (tertiary alicyclic amines) is 1. The molecule has 0 N–H and O–H groups in total. The summed E-state index contributed by atoms with van der Waals surface area (Å²) < 4.78 is 15.3. The summed E-state index contributed by atoms with van der Waals surface area (Å²) in [7, 11) is 2.09. The molecule has 2 aromatic carbocycles. The molecule has 1 saturated heterocycles. The van der Waals surface area contributed by atoms with Crippen LogP contribution < -0.4 is 0 Å². The lowest BCUT2D eigenvalue weighted by atomic mass is 10.0. The van der Waals surface area contributed by atoms with Crippen molar-refractivity contribution in [3.05, 3.63) is 71.7 Å². The Morgan fingerprint density at radius 2 is 1.88 bits per heavy atom. The molecule has 4 rings (SSSR count). The third-order valence-electron chi connectivity index (χ3n) is 4.97. The highest BCUT2D eigenvalue weighted by Crippen LogP contribution is 2.31. The van der Waals surface area contributed by atoms with Crippen molar-refractivity contribution in [2.75, 3.05) is 13.1 Å². The van der Waals surface area contributed by atoms with Gasteiger partial charge in [-0.2, -0.15) is 0 Å². The third kappa shape index (κ3) is 2.48. The Morgan fingerprint density at radius 3 is 2.62 bits per heavy atom. The second-order valence-electron chi connectivity index (χ2n) is 6.43. The van der Waals surface area contributed by atoms with Gasteiger partial charge in [0.1, 0.15) is 5.82 Å². The van der Waals surface area contributed by atoms with E-state index >= 15 is 0 Å². The Kier molecular flexibility index (Phi) is 3.60. The van der Waals surface area contributed by atoms with Gasteiger partial charge in [0.25, 0.3) is 5.91 Å². The largest absolute Gasteiger partial charge is 0.347 e. The normalized spacial score (nSPS) is 17.6. The molecule has 122 valence electrons. The first-order valence-corrected chi connectivity index (χ1v) is 8.22. The highest BCUT2D eigenvalue weighted by molar-refractivity contribution is 5.94. The van der Waals surface area contributed by atoms with Gasteiger partial charge in [0.15, 0.2) is 0 Å². The minimum atomic E-state index is -0.318. The van der Waals surface area contributed by atoms with E-state index < -0.39 is 0 Å². The van der Waals surface area contributed by atoms with Crippen LogP contribution in [0.2, 0.25) is 0 Å². The summed E-state index contributed by atoms with van der Waals surface area (Å²) in [4.78, 5) is 14.5. The highest BCUT2D eigenvalue weighted by atomic mass is 19.1. The summed E-state index contributed by atoms with van der Waals surface area (Å²) in [5, 5.41) is 1.23. The van der Waals surface area contributed by atoms with Crippen LogP contribution in [-0.4, -0.2) is 28.5 Å². The van der Waals surface area contributed by atoms with Crippen LogP contribution in [0.5, 0.6) is 0 Å². The molecule has 2 heterocycles. The van der Waals surface area contributed by atoms with E-state index in [1.165, 1.54) is 28.7 Å². The minimum Gasteiger partial charge on any atom is -0.347 e. The molecule has 1 unspecified atom stereocenters. The molecule has 0 spiro atoms. The quantitative estimate of drug-likeness (QED) is 0.701. The Balaban J connectivity index is 1.56. The maximum atomic E-state index is 13.0. The topological polar surface area (TPSA) is 25.2 Å². The highest BCUT2D eigenvalue weighted by Gasteiger charge is 2.29. The van der Waals surface area contributed by atoms with E-state index in [2.05, 4.69) is 29.8 Å². The molecule has 3 nitrogen and oxygen atoms in total. The van der Waals surface area contributed by atoms with Crippen LogP contribution in [0.15, 0.2) is 54.6 Å². The SMILES string of the molecule is Cn1c(C2CCN(C(=O)c3ccc(F)cc3)C2)cc2ccccc21. The van der Waals surface area contributed by atoms with Crippen molar-refractivity contribution in [1.82, 2.24) is 9.47 Å². The van der Waals surface area contributed by atoms with Gasteiger partial charge in [0.2, 0.25) is 0 Å². The maximum Gasteiger partial charge on any atom is 0.253 e. The average Bonchev–Trinajstić information content (AvgIpc) is 3.20. The number of aryl methyl sites for hydroxylation is 1. The number of fused-ring (bicyclic) bond motifs is 1. The molecule has 0 saturated carbocycles. The first-order valence-electron chi connectivity index (χ1n) is 8.22. The van der Waals surface area contributed by atoms with Crippen molar-refractivity contribution < 1.29 is 9.18 Å². The number of para-hydroxylation sites is 1. The number of carbonyl (C=O) groups is 1. The predicted molar refractivity (Wildman–Crippen MR) is 92.6 cm³/mol. The molecule has 4 heteroatoms. The van der Waals surface area contributed by atoms with Gasteiger partial charge in [-0.15, -0.1) is 0 Å². The summed E-state index contributed by atoms with van der Waals surface area (Å²) in [5.74, 6) is 0.00408. The van der Waals surface area contributed by atoms with E-state index in [-0.39, 0.29) is 11.7 Å². The van der Waals surface area contributed by atoms with Crippen molar-refractivity contribution in [2.24, 2.45) is 7.05 Å². The zero-order valence-electron chi connectivity index (χ0n) is 13.6. The molecule has 1 fully saturated rings. The molecular formula is C20H19FN2O. The summed E-state index contributed by atoms with van der Waals surface area (Å²) in [6.07, 6.45) is 0.955. The van der Waals surface area contributed by atoms with Crippen LogP contribution in [0.3, 0.4) is 0 Å². The van der Waals surface area contributed by atoms with E-state index in [0.29, 0.717) is 18.0 Å². The number of rotatable bonds is 2. The zero-order valence-corrected chi connectivity index (χ0v) is 13.6. The Hall–Kier alpha value is -2.62. The third-order valence-corrected chi connectivity index (χ3v) is 4.97. The average molecular weight is 322 g/mol. The van der Waals surface area contributed by atoms with E-state index in [1.807, 2.05) is 17.0 Å². The van der Waals surface area contributed by atoms with Gasteiger partial charge < -0.3 is 9.47 Å². The van der Waals surface area contributed by atoms with E-state index in [4.69, 9.17) is 0 Å². The smallest absolute Gasteiger partial charge is 0.253 e. The van der Waals surface area contributed by atoms with Crippen molar-refractivity contribution in [3.8, 4) is 0 Å². The Bertz CT molecular complexity index is 898. The van der Waals surface area contributed by atoms with Gasteiger partial charge in [-0.25, -0.2) is 4.39 Å². The number of carbonyl (C=O) groups excluding carboxylic acids is 1. The Labute approximate surface area is 140 Å². The summed E-state index contributed by atoms with van der Waals surface area (Å²) in [6, 6.07) is 16.4. The monoisotopic (exact) mass is 322 g/mol. The van der Waals surface area contributed by atoms with Gasteiger partial charge >= 0.3 is 0 Å². The second kappa shape index (κ2) is 5.78. The zero-order chi connectivity index (χ0) is 16.7. The first kappa shape index (κ1) is 14.9. The van der Waals surface area contributed by atoms with Gasteiger partial charge in [0.05, 0.1) is 0 Å². The van der Waals surface area contributed by atoms with Crippen molar-refractivity contribution in [2.45, 2.75) is 12.3 Å². The number of hydrogen-bond donors (Lipinski definition) is 0. The van der Waals surface area contributed by atoms with E-state index in [9.17, 15) is 9.18 Å². The number of aromatic nitrogens is 1. The maximum absolute atomic E-state index is 13.0. The van der Waals surface area contributed by atoms with E-state index in [1.54, 1.807) is 12.1 Å². The van der Waals surface area contributed by atoms with Crippen molar-refractivity contribution in [3.63, 3.8) is 0 Å². The first-order chi connectivity index (χ1) is 11.6. The minimum absolute atomic E-state index is 0.0173. The standard InChI is InChI=1S/C20H19FN2O/c1-22-18-5-3-2-4-15(18)12-19(22)16-10-11-23(13-16)20(24)14-6-8-17(21)9-7-14/h2-9,12,16H,10-11,13H2,1H3. The fraction of sp³-hybridized carbons (Fsp3) is 0.250. The number of hydrogen-bond acceptors (Lipinski definition) is 1. The molecule has 1 aromatic heterocycles. The summed E-state index contributed by atoms with van der Waals surface area (Å²) in [5.41, 5.74) is 3.04. The molecule has 1 aliphatic rings. The lowest BCUT2D eigenvalue weighted by molar-refractivity contribution is 0.0790. The van der Waals surface area contributed by atoms with Crippen LogP contribution in [0.4, 0.5) is 4.39 Å². The lowest BCUT2D eigenvalue weighted by Crippen LogP contribution is -2.28. The number of amides is 1. The molecule has 1 aliphatic heterocycles. The molecule has 3 aromatic rings. The summed E-state index contributed by atoms with van der Waals surface area (Å²) in [6.45, 7) is 1.45. The van der Waals surface area contributed by atoms with Gasteiger partial charge in [0, 0.05) is 42.8 Å². The molecule has 1 amide bonds. The van der Waals surface area contributed by atoms with Crippen LogP contribution in [0.1, 0.15) is 28.4 Å². The Morgan fingerprint density at radius 1 is 1.12 bits per heavy atom. The van der Waals surface area contributed by atoms with Crippen LogP contribution in [0, 0.1) is 5.82 Å². The van der Waals surface area contributed by atoms with Gasteiger partial charge in [-0.05, 0) is 48.2 Å². The molecular weight excluding hydrogens is 303 g/mol. The predicted octanol–water partition coefficient (Wildman–Crippen LogP) is 3.95. The number of benzene rings is 2. The van der Waals surface area contributed by atoms with Crippen LogP contribution in [-0.2, 0) is 7.05 Å². The lowest BCUT2D eigenvalue weighted by Gasteiger charge is -2.17. The molecule has 0 radical (unpaired) electrons. The summed E-state index contributed by atoms with van der Waals surface area (Å²) >= 11 is 0. The second-order valence-corrected chi connectivity index (χ2v) is 6.43. The van der Waals surface area contributed by atoms with Crippen LogP contribution in [0.25, 0.3) is 10.9 Å². The number of nitrogens with zero attached hydrogens (tertiary/aromatic N) is 2. The van der Waals surface area contributed by atoms with E-state index in [0.717, 1.165) is 13.0 Å². The molecule has 24 heavy (non-hydrogen) atoms. The fourth-order valence-corrected chi connectivity index (χ4v) is 3.66. The molecule has 0 aliphatic carbocycles. The van der Waals surface area contributed by atoms with Crippen molar-refractivity contribution in [1.29, 1.82) is 0 Å².